The number of hydrogen-bond donors (Lipinski definition) is 1. The van der Waals surface area contributed by atoms with Gasteiger partial charge in [-0.05, 0) is 44.3 Å². The third-order valence-electron chi connectivity index (χ3n) is 4.71. The van der Waals surface area contributed by atoms with Crippen LogP contribution in [0.1, 0.15) is 12.5 Å². The molecule has 0 radical (unpaired) electrons. The van der Waals surface area contributed by atoms with Crippen LogP contribution in [0.2, 0.25) is 0 Å². The van der Waals surface area contributed by atoms with E-state index in [1.807, 2.05) is 24.3 Å². The number of anilines is 2. The third kappa shape index (κ3) is 5.41. The normalized spacial score (nSPS) is 16.3. The summed E-state index contributed by atoms with van der Waals surface area (Å²) < 4.78 is 44.5. The van der Waals surface area contributed by atoms with Crippen molar-refractivity contribution < 1.29 is 22.7 Å². The van der Waals surface area contributed by atoms with Gasteiger partial charge in [-0.25, -0.2) is 0 Å². The van der Waals surface area contributed by atoms with E-state index < -0.39 is 11.7 Å². The van der Waals surface area contributed by atoms with Crippen molar-refractivity contribution in [1.29, 1.82) is 0 Å². The summed E-state index contributed by atoms with van der Waals surface area (Å²) in [4.78, 5) is 16.3. The Labute approximate surface area is 168 Å². The van der Waals surface area contributed by atoms with Crippen LogP contribution in [0, 0.1) is 0 Å². The zero-order valence-electron chi connectivity index (χ0n) is 16.4. The lowest BCUT2D eigenvalue weighted by Gasteiger charge is -2.37. The SMILES string of the molecule is CCN1CC(CN(C)CC(=O)Nc2cccc(C(F)(F)F)c2)Oc2ccccc21. The topological polar surface area (TPSA) is 44.8 Å². The lowest BCUT2D eigenvalue weighted by molar-refractivity contribution is -0.137. The van der Waals surface area contributed by atoms with Gasteiger partial charge in [0, 0.05) is 18.8 Å². The number of nitrogens with zero attached hydrogens (tertiary/aromatic N) is 2. The quantitative estimate of drug-likeness (QED) is 0.790. The molecular formula is C21H24F3N3O2. The van der Waals surface area contributed by atoms with Gasteiger partial charge < -0.3 is 15.0 Å². The predicted molar refractivity (Wildman–Crippen MR) is 106 cm³/mol. The van der Waals surface area contributed by atoms with Crippen LogP contribution in [0.5, 0.6) is 5.75 Å². The molecule has 2 aromatic carbocycles. The average Bonchev–Trinajstić information content (AvgIpc) is 2.66. The molecule has 1 amide bonds. The number of carbonyl (C=O) groups excluding carboxylic acids is 1. The number of para-hydroxylation sites is 2. The van der Waals surface area contributed by atoms with Crippen molar-refractivity contribution in [2.75, 3.05) is 43.4 Å². The molecule has 1 N–H and O–H groups in total. The van der Waals surface area contributed by atoms with Crippen LogP contribution in [-0.4, -0.2) is 50.1 Å². The molecule has 0 saturated heterocycles. The number of fused-ring (bicyclic) bond motifs is 1. The van der Waals surface area contributed by atoms with Crippen LogP contribution in [0.25, 0.3) is 0 Å². The second kappa shape index (κ2) is 8.73. The monoisotopic (exact) mass is 407 g/mol. The fourth-order valence-corrected chi connectivity index (χ4v) is 3.40. The van der Waals surface area contributed by atoms with Crippen LogP contribution in [0.4, 0.5) is 24.5 Å². The molecule has 1 atom stereocenters. The molecule has 5 nitrogen and oxygen atoms in total. The molecule has 1 aliphatic rings. The Morgan fingerprint density at radius 2 is 2.00 bits per heavy atom. The van der Waals surface area contributed by atoms with Gasteiger partial charge in [-0.15, -0.1) is 0 Å². The summed E-state index contributed by atoms with van der Waals surface area (Å²) in [6, 6.07) is 12.4. The third-order valence-corrected chi connectivity index (χ3v) is 4.71. The van der Waals surface area contributed by atoms with Crippen molar-refractivity contribution >= 4 is 17.3 Å². The maximum Gasteiger partial charge on any atom is 0.416 e. The number of carbonyl (C=O) groups is 1. The number of halogens is 3. The first kappa shape index (κ1) is 21.0. The zero-order chi connectivity index (χ0) is 21.0. The number of alkyl halides is 3. The number of rotatable bonds is 6. The van der Waals surface area contributed by atoms with Crippen molar-refractivity contribution in [2.24, 2.45) is 0 Å². The molecule has 0 saturated carbocycles. The van der Waals surface area contributed by atoms with Gasteiger partial charge in [-0.2, -0.15) is 13.2 Å². The summed E-state index contributed by atoms with van der Waals surface area (Å²) in [5.41, 5.74) is 0.381. The van der Waals surface area contributed by atoms with E-state index in [1.165, 1.54) is 12.1 Å². The number of likely N-dealkylation sites (N-methyl/N-ethyl adjacent to an activating group) is 2. The van der Waals surface area contributed by atoms with Crippen LogP contribution in [0.15, 0.2) is 48.5 Å². The van der Waals surface area contributed by atoms with Gasteiger partial charge in [-0.3, -0.25) is 9.69 Å². The minimum atomic E-state index is -4.45. The molecule has 3 rings (SSSR count). The van der Waals surface area contributed by atoms with Gasteiger partial charge in [0.15, 0.2) is 0 Å². The van der Waals surface area contributed by atoms with Gasteiger partial charge in [0.05, 0.1) is 24.3 Å². The van der Waals surface area contributed by atoms with E-state index in [9.17, 15) is 18.0 Å². The van der Waals surface area contributed by atoms with Gasteiger partial charge in [0.2, 0.25) is 5.91 Å². The van der Waals surface area contributed by atoms with E-state index >= 15 is 0 Å². The zero-order valence-corrected chi connectivity index (χ0v) is 16.4. The summed E-state index contributed by atoms with van der Waals surface area (Å²) in [6.07, 6.45) is -4.56. The summed E-state index contributed by atoms with van der Waals surface area (Å²) in [7, 11) is 1.78. The van der Waals surface area contributed by atoms with Crippen molar-refractivity contribution in [3.8, 4) is 5.75 Å². The van der Waals surface area contributed by atoms with Crippen molar-refractivity contribution in [2.45, 2.75) is 19.2 Å². The molecular weight excluding hydrogens is 383 g/mol. The van der Waals surface area contributed by atoms with E-state index in [0.717, 1.165) is 30.1 Å². The number of amides is 1. The molecule has 1 aliphatic heterocycles. The molecule has 0 spiro atoms. The van der Waals surface area contributed by atoms with E-state index in [4.69, 9.17) is 4.74 Å². The highest BCUT2D eigenvalue weighted by Gasteiger charge is 2.30. The first-order valence-electron chi connectivity index (χ1n) is 9.42. The summed E-state index contributed by atoms with van der Waals surface area (Å²) in [5, 5.41) is 2.53. The Morgan fingerprint density at radius 3 is 2.72 bits per heavy atom. The minimum absolute atomic E-state index is 0.0455. The summed E-state index contributed by atoms with van der Waals surface area (Å²) >= 11 is 0. The van der Waals surface area contributed by atoms with E-state index in [0.29, 0.717) is 13.1 Å². The van der Waals surface area contributed by atoms with Crippen LogP contribution in [-0.2, 0) is 11.0 Å². The highest BCUT2D eigenvalue weighted by molar-refractivity contribution is 5.92. The molecule has 29 heavy (non-hydrogen) atoms. The van der Waals surface area contributed by atoms with E-state index in [-0.39, 0.29) is 24.2 Å². The Hall–Kier alpha value is -2.74. The number of nitrogens with one attached hydrogen (secondary N) is 1. The second-order valence-corrected chi connectivity index (χ2v) is 7.07. The molecule has 8 heteroatoms. The molecule has 0 aliphatic carbocycles. The number of hydrogen-bond acceptors (Lipinski definition) is 4. The van der Waals surface area contributed by atoms with Gasteiger partial charge in [0.25, 0.3) is 0 Å². The lowest BCUT2D eigenvalue weighted by atomic mass is 10.2. The standard InChI is InChI=1S/C21H24F3N3O2/c1-3-27-13-17(29-19-10-5-4-9-18(19)27)12-26(2)14-20(28)25-16-8-6-7-15(11-16)21(22,23)24/h4-11,17H,3,12-14H2,1-2H3,(H,25,28). The van der Waals surface area contributed by atoms with Crippen molar-refractivity contribution in [1.82, 2.24) is 4.90 Å². The number of benzene rings is 2. The molecule has 0 bridgehead atoms. The number of ether oxygens (including phenoxy) is 1. The molecule has 0 fully saturated rings. The largest absolute Gasteiger partial charge is 0.485 e. The highest BCUT2D eigenvalue weighted by atomic mass is 19.4. The molecule has 1 heterocycles. The summed E-state index contributed by atoms with van der Waals surface area (Å²) in [6.45, 7) is 4.18. The molecule has 156 valence electrons. The van der Waals surface area contributed by atoms with Crippen molar-refractivity contribution in [3.05, 3.63) is 54.1 Å². The minimum Gasteiger partial charge on any atom is -0.485 e. The average molecular weight is 407 g/mol. The Morgan fingerprint density at radius 1 is 1.24 bits per heavy atom. The fourth-order valence-electron chi connectivity index (χ4n) is 3.40. The van der Waals surface area contributed by atoms with Crippen LogP contribution < -0.4 is 15.0 Å². The smallest absolute Gasteiger partial charge is 0.416 e. The highest BCUT2D eigenvalue weighted by Crippen LogP contribution is 2.33. The molecule has 0 aromatic heterocycles. The lowest BCUT2D eigenvalue weighted by Crippen LogP contribution is -2.46. The Balaban J connectivity index is 1.56. The summed E-state index contributed by atoms with van der Waals surface area (Å²) in [5.74, 6) is 0.433. The van der Waals surface area contributed by atoms with Gasteiger partial charge >= 0.3 is 6.18 Å². The van der Waals surface area contributed by atoms with Crippen LogP contribution in [0.3, 0.4) is 0 Å². The van der Waals surface area contributed by atoms with E-state index in [2.05, 4.69) is 17.1 Å². The molecule has 1 unspecified atom stereocenters. The first-order chi connectivity index (χ1) is 13.8. The maximum absolute atomic E-state index is 12.8. The Bertz CT molecular complexity index is 857. The molecule has 2 aromatic rings. The van der Waals surface area contributed by atoms with Gasteiger partial charge in [-0.1, -0.05) is 18.2 Å². The maximum atomic E-state index is 12.8. The predicted octanol–water partition coefficient (Wildman–Crippen LogP) is 3.86. The van der Waals surface area contributed by atoms with Crippen LogP contribution >= 0.6 is 0 Å². The Kier molecular flexibility index (Phi) is 6.32. The van der Waals surface area contributed by atoms with Crippen molar-refractivity contribution in [3.63, 3.8) is 0 Å². The second-order valence-electron chi connectivity index (χ2n) is 7.07. The first-order valence-corrected chi connectivity index (χ1v) is 9.42. The fraction of sp³-hybridized carbons (Fsp3) is 0.381. The van der Waals surface area contributed by atoms with E-state index in [1.54, 1.807) is 11.9 Å². The van der Waals surface area contributed by atoms with Gasteiger partial charge in [0.1, 0.15) is 11.9 Å².